The van der Waals surface area contributed by atoms with Crippen molar-refractivity contribution in [3.63, 3.8) is 0 Å². The molecule has 4 nitrogen and oxygen atoms in total. The van der Waals surface area contributed by atoms with E-state index in [4.69, 9.17) is 5.11 Å². The van der Waals surface area contributed by atoms with E-state index in [9.17, 15) is 4.79 Å². The van der Waals surface area contributed by atoms with Crippen molar-refractivity contribution in [2.45, 2.75) is 39.2 Å². The maximum absolute atomic E-state index is 12.1. The maximum atomic E-state index is 12.1. The minimum absolute atomic E-state index is 0.00278. The molecule has 1 saturated heterocycles. The molecule has 3 unspecified atom stereocenters. The van der Waals surface area contributed by atoms with Crippen molar-refractivity contribution in [3.05, 3.63) is 0 Å². The zero-order valence-electron chi connectivity index (χ0n) is 10.8. The van der Waals surface area contributed by atoms with Gasteiger partial charge in [-0.15, -0.1) is 0 Å². The third-order valence-corrected chi connectivity index (χ3v) is 4.20. The first-order chi connectivity index (χ1) is 8.03. The fraction of sp³-hybridized carbons (Fsp3) is 0.923. The highest BCUT2D eigenvalue weighted by Gasteiger charge is 2.42. The molecular formula is C13H24N2O2. The Balaban J connectivity index is 1.84. The first-order valence-corrected chi connectivity index (χ1v) is 6.65. The van der Waals surface area contributed by atoms with Crippen LogP contribution in [-0.2, 0) is 4.79 Å². The van der Waals surface area contributed by atoms with E-state index in [0.29, 0.717) is 18.4 Å². The van der Waals surface area contributed by atoms with Crippen LogP contribution in [0, 0.1) is 17.3 Å². The number of hydrogen-bond donors (Lipinski definition) is 3. The molecule has 4 heteroatoms. The van der Waals surface area contributed by atoms with Crippen LogP contribution in [-0.4, -0.2) is 36.8 Å². The molecule has 1 amide bonds. The second kappa shape index (κ2) is 4.94. The molecule has 0 aromatic rings. The molecule has 0 radical (unpaired) electrons. The molecule has 0 aromatic carbocycles. The highest BCUT2D eigenvalue weighted by molar-refractivity contribution is 5.82. The van der Waals surface area contributed by atoms with Gasteiger partial charge in [-0.3, -0.25) is 4.79 Å². The molecule has 0 spiro atoms. The van der Waals surface area contributed by atoms with Crippen molar-refractivity contribution < 1.29 is 9.90 Å². The van der Waals surface area contributed by atoms with Gasteiger partial charge in [-0.2, -0.15) is 0 Å². The average molecular weight is 240 g/mol. The van der Waals surface area contributed by atoms with E-state index < -0.39 is 0 Å². The molecule has 17 heavy (non-hydrogen) atoms. The Kier molecular flexibility index (Phi) is 3.73. The van der Waals surface area contributed by atoms with Crippen LogP contribution in [0.5, 0.6) is 0 Å². The van der Waals surface area contributed by atoms with Gasteiger partial charge in [-0.1, -0.05) is 20.3 Å². The third kappa shape index (κ3) is 2.80. The van der Waals surface area contributed by atoms with E-state index in [1.165, 1.54) is 19.3 Å². The van der Waals surface area contributed by atoms with E-state index >= 15 is 0 Å². The first kappa shape index (κ1) is 12.8. The fourth-order valence-electron chi connectivity index (χ4n) is 2.97. The summed E-state index contributed by atoms with van der Waals surface area (Å²) in [4.78, 5) is 12.1. The average Bonchev–Trinajstić information content (AvgIpc) is 2.87. The number of nitrogens with one attached hydrogen (secondary N) is 2. The highest BCUT2D eigenvalue weighted by atomic mass is 16.3. The van der Waals surface area contributed by atoms with Crippen LogP contribution in [0.15, 0.2) is 0 Å². The summed E-state index contributed by atoms with van der Waals surface area (Å²) in [6.07, 6.45) is 3.71. The number of fused-ring (bicyclic) bond motifs is 1. The van der Waals surface area contributed by atoms with Crippen LogP contribution in [0.4, 0.5) is 0 Å². The Bertz CT molecular complexity index is 291. The first-order valence-electron chi connectivity index (χ1n) is 6.65. The molecule has 1 heterocycles. The number of carbonyl (C=O) groups excluding carboxylic acids is 1. The van der Waals surface area contributed by atoms with Gasteiger partial charge in [-0.25, -0.2) is 0 Å². The topological polar surface area (TPSA) is 61.4 Å². The largest absolute Gasteiger partial charge is 0.396 e. The van der Waals surface area contributed by atoms with Gasteiger partial charge in [0.15, 0.2) is 0 Å². The summed E-state index contributed by atoms with van der Waals surface area (Å²) in [5.74, 6) is 1.35. The number of rotatable bonds is 4. The molecule has 1 saturated carbocycles. The van der Waals surface area contributed by atoms with Gasteiger partial charge in [-0.05, 0) is 31.2 Å². The van der Waals surface area contributed by atoms with Gasteiger partial charge in [0.1, 0.15) is 0 Å². The normalized spacial score (nSPS) is 32.5. The number of carbonyl (C=O) groups is 1. The molecule has 2 aliphatic rings. The minimum Gasteiger partial charge on any atom is -0.396 e. The second-order valence-corrected chi connectivity index (χ2v) is 6.28. The predicted molar refractivity (Wildman–Crippen MR) is 66.5 cm³/mol. The van der Waals surface area contributed by atoms with Crippen molar-refractivity contribution >= 4 is 5.91 Å². The predicted octanol–water partition coefficient (Wildman–Crippen LogP) is 0.509. The third-order valence-electron chi connectivity index (χ3n) is 4.20. The Morgan fingerprint density at radius 1 is 1.47 bits per heavy atom. The standard InChI is InChI=1S/C13H24N2O2/c1-13(2,8-16)7-15-12(17)11-10-5-3-4-9(10)6-14-11/h9-11,14,16H,3-8H2,1-2H3,(H,15,17). The molecule has 3 N–H and O–H groups in total. The van der Waals surface area contributed by atoms with E-state index in [0.717, 1.165) is 6.54 Å². The second-order valence-electron chi connectivity index (χ2n) is 6.28. The lowest BCUT2D eigenvalue weighted by atomic mass is 9.92. The summed E-state index contributed by atoms with van der Waals surface area (Å²) >= 11 is 0. The SMILES string of the molecule is CC(C)(CO)CNC(=O)C1NCC2CCCC21. The van der Waals surface area contributed by atoms with Gasteiger partial charge in [0, 0.05) is 18.6 Å². The Labute approximate surface area is 103 Å². The smallest absolute Gasteiger partial charge is 0.237 e. The maximum Gasteiger partial charge on any atom is 0.237 e. The van der Waals surface area contributed by atoms with Crippen LogP contribution in [0.3, 0.4) is 0 Å². The quantitative estimate of drug-likeness (QED) is 0.671. The van der Waals surface area contributed by atoms with Crippen molar-refractivity contribution in [1.29, 1.82) is 0 Å². The number of hydrogen-bond acceptors (Lipinski definition) is 3. The Hall–Kier alpha value is -0.610. The van der Waals surface area contributed by atoms with Gasteiger partial charge >= 0.3 is 0 Å². The van der Waals surface area contributed by atoms with Crippen LogP contribution in [0.2, 0.25) is 0 Å². The van der Waals surface area contributed by atoms with Crippen molar-refractivity contribution in [3.8, 4) is 0 Å². The number of amides is 1. The van der Waals surface area contributed by atoms with Crippen molar-refractivity contribution in [1.82, 2.24) is 10.6 Å². The van der Waals surface area contributed by atoms with Gasteiger partial charge in [0.05, 0.1) is 6.04 Å². The van der Waals surface area contributed by atoms with Gasteiger partial charge < -0.3 is 15.7 Å². The van der Waals surface area contributed by atoms with E-state index in [2.05, 4.69) is 10.6 Å². The van der Waals surface area contributed by atoms with E-state index in [1.807, 2.05) is 13.8 Å². The van der Waals surface area contributed by atoms with Crippen LogP contribution >= 0.6 is 0 Å². The minimum atomic E-state index is -0.233. The van der Waals surface area contributed by atoms with E-state index in [1.54, 1.807) is 0 Å². The summed E-state index contributed by atoms with van der Waals surface area (Å²) < 4.78 is 0. The van der Waals surface area contributed by atoms with Crippen molar-refractivity contribution in [2.75, 3.05) is 19.7 Å². The number of aliphatic hydroxyl groups is 1. The molecule has 0 bridgehead atoms. The lowest BCUT2D eigenvalue weighted by molar-refractivity contribution is -0.124. The Morgan fingerprint density at radius 3 is 2.94 bits per heavy atom. The summed E-state index contributed by atoms with van der Waals surface area (Å²) in [6.45, 7) is 5.53. The summed E-state index contributed by atoms with van der Waals surface area (Å²) in [5, 5.41) is 15.5. The van der Waals surface area contributed by atoms with Crippen LogP contribution < -0.4 is 10.6 Å². The molecule has 2 fully saturated rings. The zero-order chi connectivity index (χ0) is 12.5. The van der Waals surface area contributed by atoms with Crippen LogP contribution in [0.25, 0.3) is 0 Å². The van der Waals surface area contributed by atoms with E-state index in [-0.39, 0.29) is 24.0 Å². The highest BCUT2D eigenvalue weighted by Crippen LogP contribution is 2.37. The lowest BCUT2D eigenvalue weighted by Gasteiger charge is -2.24. The fourth-order valence-corrected chi connectivity index (χ4v) is 2.97. The van der Waals surface area contributed by atoms with Gasteiger partial charge in [0.2, 0.25) is 5.91 Å². The molecule has 2 rings (SSSR count). The number of aliphatic hydroxyl groups excluding tert-OH is 1. The summed E-state index contributed by atoms with van der Waals surface area (Å²) in [7, 11) is 0. The molecule has 0 aromatic heterocycles. The van der Waals surface area contributed by atoms with Gasteiger partial charge in [0.25, 0.3) is 0 Å². The summed E-state index contributed by atoms with van der Waals surface area (Å²) in [6, 6.07) is -0.00278. The molecule has 1 aliphatic carbocycles. The lowest BCUT2D eigenvalue weighted by Crippen LogP contribution is -2.47. The van der Waals surface area contributed by atoms with Crippen LogP contribution in [0.1, 0.15) is 33.1 Å². The molecule has 1 aliphatic heterocycles. The molecule has 3 atom stereocenters. The zero-order valence-corrected chi connectivity index (χ0v) is 10.8. The summed E-state index contributed by atoms with van der Waals surface area (Å²) in [5.41, 5.74) is -0.233. The Morgan fingerprint density at radius 2 is 2.24 bits per heavy atom. The molecule has 98 valence electrons. The van der Waals surface area contributed by atoms with Crippen molar-refractivity contribution in [2.24, 2.45) is 17.3 Å². The molecular weight excluding hydrogens is 216 g/mol. The monoisotopic (exact) mass is 240 g/mol.